The lowest BCUT2D eigenvalue weighted by Gasteiger charge is -2.29. The van der Waals surface area contributed by atoms with Gasteiger partial charge >= 0.3 is 0 Å². The molecule has 0 amide bonds. The van der Waals surface area contributed by atoms with E-state index in [1.165, 1.54) is 45.2 Å². The average molecular weight is 166 g/mol. The molecule has 12 heavy (non-hydrogen) atoms. The minimum Gasteiger partial charge on any atom is -0.239 e. The summed E-state index contributed by atoms with van der Waals surface area (Å²) in [6.07, 6.45) is 9.72. The Bertz CT molecular complexity index is 183. The molecule has 2 atom stereocenters. The predicted octanol–water partition coefficient (Wildman–Crippen LogP) is 2.30. The largest absolute Gasteiger partial charge is 0.239 e. The first-order valence-electron chi connectivity index (χ1n) is 5.47. The van der Waals surface area contributed by atoms with Crippen LogP contribution >= 0.6 is 0 Å². The van der Waals surface area contributed by atoms with Gasteiger partial charge in [-0.3, -0.25) is 0 Å². The molecular formula is C11H20N+. The van der Waals surface area contributed by atoms with Crippen molar-refractivity contribution >= 4 is 6.21 Å². The van der Waals surface area contributed by atoms with Gasteiger partial charge in [-0.1, -0.05) is 13.3 Å². The minimum atomic E-state index is 0.934. The fraction of sp³-hybridized carbons (Fsp3) is 0.909. The third-order valence-electron chi connectivity index (χ3n) is 3.25. The molecule has 1 fully saturated rings. The average Bonchev–Trinajstić information content (AvgIpc) is 2.04. The van der Waals surface area contributed by atoms with Crippen molar-refractivity contribution in [3.8, 4) is 0 Å². The molecule has 0 spiro atoms. The summed E-state index contributed by atoms with van der Waals surface area (Å²) in [5.74, 6) is 1.96. The van der Waals surface area contributed by atoms with Crippen molar-refractivity contribution < 1.29 is 4.58 Å². The summed E-state index contributed by atoms with van der Waals surface area (Å²) >= 11 is 0. The van der Waals surface area contributed by atoms with Gasteiger partial charge in [-0.05, 0) is 19.3 Å². The van der Waals surface area contributed by atoms with Crippen molar-refractivity contribution in [3.05, 3.63) is 0 Å². The Morgan fingerprint density at radius 2 is 2.33 bits per heavy atom. The number of hydrogen-bond donors (Lipinski definition) is 0. The van der Waals surface area contributed by atoms with E-state index in [0.29, 0.717) is 0 Å². The highest BCUT2D eigenvalue weighted by Gasteiger charge is 2.30. The maximum Gasteiger partial charge on any atom is 0.145 e. The van der Waals surface area contributed by atoms with Crippen LogP contribution in [-0.2, 0) is 0 Å². The van der Waals surface area contributed by atoms with E-state index in [-0.39, 0.29) is 0 Å². The molecule has 1 heteroatoms. The van der Waals surface area contributed by atoms with Gasteiger partial charge in [0.15, 0.2) is 0 Å². The molecule has 0 aromatic heterocycles. The molecule has 1 aliphatic heterocycles. The van der Waals surface area contributed by atoms with Crippen LogP contribution in [0.25, 0.3) is 0 Å². The quantitative estimate of drug-likeness (QED) is 0.554. The molecule has 0 N–H and O–H groups in total. The summed E-state index contributed by atoms with van der Waals surface area (Å²) < 4.78 is 2.57. The Hall–Kier alpha value is -0.330. The van der Waals surface area contributed by atoms with E-state index in [1.54, 1.807) is 0 Å². The Balaban J connectivity index is 2.01. The molecule has 2 bridgehead atoms. The van der Waals surface area contributed by atoms with Gasteiger partial charge in [0.1, 0.15) is 19.3 Å². The van der Waals surface area contributed by atoms with E-state index in [9.17, 15) is 0 Å². The van der Waals surface area contributed by atoms with Crippen molar-refractivity contribution in [2.24, 2.45) is 11.8 Å². The van der Waals surface area contributed by atoms with Gasteiger partial charge in [-0.25, -0.2) is 4.58 Å². The third kappa shape index (κ3) is 1.70. The van der Waals surface area contributed by atoms with Gasteiger partial charge in [0.05, 0.1) is 0 Å². The van der Waals surface area contributed by atoms with Gasteiger partial charge < -0.3 is 0 Å². The van der Waals surface area contributed by atoms with Gasteiger partial charge in [0, 0.05) is 18.3 Å². The molecule has 1 heterocycles. The summed E-state index contributed by atoms with van der Waals surface area (Å²) in [6, 6.07) is 0. The number of nitrogens with zero attached hydrogens (tertiary/aromatic N) is 1. The Morgan fingerprint density at radius 3 is 3.08 bits per heavy atom. The van der Waals surface area contributed by atoms with E-state index >= 15 is 0 Å². The van der Waals surface area contributed by atoms with Crippen LogP contribution in [-0.4, -0.2) is 23.9 Å². The smallest absolute Gasteiger partial charge is 0.145 e. The second-order valence-electron chi connectivity index (χ2n) is 4.44. The Labute approximate surface area is 75.5 Å². The van der Waals surface area contributed by atoms with E-state index in [1.807, 2.05) is 0 Å². The minimum absolute atomic E-state index is 0.934. The lowest BCUT2D eigenvalue weighted by Crippen LogP contribution is -2.34. The molecule has 0 radical (unpaired) electrons. The molecule has 0 saturated heterocycles. The summed E-state index contributed by atoms with van der Waals surface area (Å²) in [6.45, 7) is 4.91. The molecule has 0 aromatic rings. The van der Waals surface area contributed by atoms with E-state index < -0.39 is 0 Å². The summed E-state index contributed by atoms with van der Waals surface area (Å²) in [5, 5.41) is 0. The van der Waals surface area contributed by atoms with Crippen molar-refractivity contribution in [3.63, 3.8) is 0 Å². The molecular weight excluding hydrogens is 146 g/mol. The molecule has 0 aromatic carbocycles. The summed E-state index contributed by atoms with van der Waals surface area (Å²) in [4.78, 5) is 0. The lowest BCUT2D eigenvalue weighted by atomic mass is 9.80. The van der Waals surface area contributed by atoms with Crippen molar-refractivity contribution in [2.45, 2.75) is 39.0 Å². The normalized spacial score (nSPS) is 34.6. The SMILES string of the molecule is CCC[N+]1=C[C@@H]2CCC[C@H](C2)C1. The molecule has 68 valence electrons. The molecule has 2 aliphatic rings. The summed E-state index contributed by atoms with van der Waals surface area (Å²) in [5.41, 5.74) is 0. The van der Waals surface area contributed by atoms with Crippen LogP contribution in [0.15, 0.2) is 0 Å². The molecule has 1 aliphatic carbocycles. The standard InChI is InChI=1S/C11H20N/c1-2-6-12-8-10-4-3-5-11(7-10)9-12/h8,10-11H,2-7,9H2,1H3/q+1/t10-,11-/m1/s1. The van der Waals surface area contributed by atoms with Crippen LogP contribution < -0.4 is 0 Å². The van der Waals surface area contributed by atoms with E-state index in [2.05, 4.69) is 17.7 Å². The highest BCUT2D eigenvalue weighted by atomic mass is 15.0. The van der Waals surface area contributed by atoms with Crippen molar-refractivity contribution in [2.75, 3.05) is 13.1 Å². The van der Waals surface area contributed by atoms with Crippen LogP contribution in [0.2, 0.25) is 0 Å². The van der Waals surface area contributed by atoms with Gasteiger partial charge in [0.25, 0.3) is 0 Å². The number of hydrogen-bond acceptors (Lipinski definition) is 0. The van der Waals surface area contributed by atoms with Gasteiger partial charge in [0.2, 0.25) is 0 Å². The van der Waals surface area contributed by atoms with Gasteiger partial charge in [-0.15, -0.1) is 0 Å². The van der Waals surface area contributed by atoms with Crippen LogP contribution in [0, 0.1) is 11.8 Å². The molecule has 0 unspecified atom stereocenters. The fourth-order valence-electron chi connectivity index (χ4n) is 2.78. The van der Waals surface area contributed by atoms with Crippen molar-refractivity contribution in [1.29, 1.82) is 0 Å². The zero-order chi connectivity index (χ0) is 8.39. The van der Waals surface area contributed by atoms with Crippen LogP contribution in [0.1, 0.15) is 39.0 Å². The van der Waals surface area contributed by atoms with E-state index in [4.69, 9.17) is 0 Å². The van der Waals surface area contributed by atoms with Gasteiger partial charge in [-0.2, -0.15) is 0 Å². The maximum atomic E-state index is 2.57. The van der Waals surface area contributed by atoms with Crippen molar-refractivity contribution in [1.82, 2.24) is 0 Å². The van der Waals surface area contributed by atoms with Crippen LogP contribution in [0.5, 0.6) is 0 Å². The monoisotopic (exact) mass is 166 g/mol. The molecule has 2 rings (SSSR count). The fourth-order valence-corrected chi connectivity index (χ4v) is 2.78. The zero-order valence-corrected chi connectivity index (χ0v) is 8.13. The Morgan fingerprint density at radius 1 is 1.42 bits per heavy atom. The molecule has 1 nitrogen and oxygen atoms in total. The maximum absolute atomic E-state index is 2.57. The number of rotatable bonds is 2. The first-order valence-corrected chi connectivity index (χ1v) is 5.47. The van der Waals surface area contributed by atoms with E-state index in [0.717, 1.165) is 11.8 Å². The first kappa shape index (κ1) is 8.28. The number of fused-ring (bicyclic) bond motifs is 2. The first-order chi connectivity index (χ1) is 5.88. The Kier molecular flexibility index (Phi) is 2.48. The summed E-state index contributed by atoms with van der Waals surface area (Å²) in [7, 11) is 0. The third-order valence-corrected chi connectivity index (χ3v) is 3.25. The lowest BCUT2D eigenvalue weighted by molar-refractivity contribution is -0.539. The van der Waals surface area contributed by atoms with Crippen LogP contribution in [0.3, 0.4) is 0 Å². The highest BCUT2D eigenvalue weighted by molar-refractivity contribution is 5.56. The zero-order valence-electron chi connectivity index (χ0n) is 8.13. The topological polar surface area (TPSA) is 3.01 Å². The molecule has 1 saturated carbocycles. The predicted molar refractivity (Wildman–Crippen MR) is 51.8 cm³/mol. The highest BCUT2D eigenvalue weighted by Crippen LogP contribution is 2.30. The second kappa shape index (κ2) is 3.59. The van der Waals surface area contributed by atoms with Crippen LogP contribution in [0.4, 0.5) is 0 Å². The second-order valence-corrected chi connectivity index (χ2v) is 4.44.